The summed E-state index contributed by atoms with van der Waals surface area (Å²) in [4.78, 5) is 26.4. The third kappa shape index (κ3) is 3.07. The zero-order chi connectivity index (χ0) is 16.7. The molecule has 1 aromatic heterocycles. The summed E-state index contributed by atoms with van der Waals surface area (Å²) < 4.78 is 6.52. The molecule has 5 nitrogen and oxygen atoms in total. The second kappa shape index (κ2) is 6.24. The van der Waals surface area contributed by atoms with Crippen LogP contribution in [0.5, 0.6) is 0 Å². The maximum atomic E-state index is 12.4. The van der Waals surface area contributed by atoms with Gasteiger partial charge < -0.3 is 14.6 Å². The molecule has 1 N–H and O–H groups in total. The molecular formula is C18H19BrN2O3. The molecule has 1 aliphatic carbocycles. The molecular weight excluding hydrogens is 372 g/mol. The summed E-state index contributed by atoms with van der Waals surface area (Å²) in [5.41, 5.74) is 0.687. The summed E-state index contributed by atoms with van der Waals surface area (Å²) in [5, 5.41) is 3.94. The number of likely N-dealkylation sites (tertiary alicyclic amines) is 1. The molecule has 1 aliphatic heterocycles. The van der Waals surface area contributed by atoms with E-state index < -0.39 is 0 Å². The van der Waals surface area contributed by atoms with Crippen LogP contribution in [0.15, 0.2) is 33.2 Å². The van der Waals surface area contributed by atoms with E-state index in [9.17, 15) is 9.59 Å². The van der Waals surface area contributed by atoms with Crippen molar-refractivity contribution in [1.82, 2.24) is 10.2 Å². The van der Waals surface area contributed by atoms with Gasteiger partial charge >= 0.3 is 0 Å². The zero-order valence-electron chi connectivity index (χ0n) is 13.3. The van der Waals surface area contributed by atoms with E-state index in [-0.39, 0.29) is 17.9 Å². The summed E-state index contributed by atoms with van der Waals surface area (Å²) in [5.74, 6) is 0.700. The molecule has 24 heavy (non-hydrogen) atoms. The van der Waals surface area contributed by atoms with E-state index in [0.29, 0.717) is 17.3 Å². The smallest absolute Gasteiger partial charge is 0.287 e. The van der Waals surface area contributed by atoms with Crippen LogP contribution in [0.1, 0.15) is 36.2 Å². The van der Waals surface area contributed by atoms with Gasteiger partial charge in [-0.25, -0.2) is 0 Å². The number of hydrogen-bond donors (Lipinski definition) is 1. The highest BCUT2D eigenvalue weighted by Crippen LogP contribution is 2.32. The van der Waals surface area contributed by atoms with Crippen LogP contribution in [0.25, 0.3) is 11.0 Å². The number of para-hydroxylation sites is 1. The number of furan rings is 1. The first kappa shape index (κ1) is 15.7. The van der Waals surface area contributed by atoms with Crippen molar-refractivity contribution >= 4 is 38.7 Å². The summed E-state index contributed by atoms with van der Waals surface area (Å²) >= 11 is 3.43. The van der Waals surface area contributed by atoms with Crippen molar-refractivity contribution in [3.8, 4) is 0 Å². The molecule has 0 radical (unpaired) electrons. The number of benzene rings is 1. The molecule has 2 heterocycles. The number of piperidine rings is 1. The normalized spacial score (nSPS) is 18.8. The van der Waals surface area contributed by atoms with E-state index in [0.717, 1.165) is 48.6 Å². The SMILES string of the molecule is O=C(NC1CCN(C(=O)C2CC2)CC1)c1cc2cccc(Br)c2o1. The quantitative estimate of drug-likeness (QED) is 0.873. The van der Waals surface area contributed by atoms with Crippen molar-refractivity contribution in [2.24, 2.45) is 5.92 Å². The van der Waals surface area contributed by atoms with Crippen LogP contribution in [0.3, 0.4) is 0 Å². The lowest BCUT2D eigenvalue weighted by atomic mass is 10.0. The predicted molar refractivity (Wildman–Crippen MR) is 93.7 cm³/mol. The second-order valence-electron chi connectivity index (χ2n) is 6.62. The van der Waals surface area contributed by atoms with E-state index in [1.165, 1.54) is 0 Å². The molecule has 0 atom stereocenters. The van der Waals surface area contributed by atoms with Crippen molar-refractivity contribution in [1.29, 1.82) is 0 Å². The Kier molecular flexibility index (Phi) is 4.08. The molecule has 1 aromatic carbocycles. The number of nitrogens with zero attached hydrogens (tertiary/aromatic N) is 1. The van der Waals surface area contributed by atoms with Crippen LogP contribution in [-0.2, 0) is 4.79 Å². The number of halogens is 1. The average Bonchev–Trinajstić information content (AvgIpc) is 3.33. The van der Waals surface area contributed by atoms with Crippen LogP contribution >= 0.6 is 15.9 Å². The van der Waals surface area contributed by atoms with Crippen molar-refractivity contribution in [2.75, 3.05) is 13.1 Å². The van der Waals surface area contributed by atoms with Gasteiger partial charge in [0.05, 0.1) is 4.47 Å². The van der Waals surface area contributed by atoms with Crippen LogP contribution in [-0.4, -0.2) is 35.8 Å². The van der Waals surface area contributed by atoms with Crippen LogP contribution < -0.4 is 5.32 Å². The minimum atomic E-state index is -0.190. The molecule has 2 fully saturated rings. The highest BCUT2D eigenvalue weighted by Gasteiger charge is 2.35. The summed E-state index contributed by atoms with van der Waals surface area (Å²) in [6.45, 7) is 1.46. The van der Waals surface area contributed by atoms with Gasteiger partial charge in [0, 0.05) is 30.4 Å². The first-order valence-corrected chi connectivity index (χ1v) is 9.19. The van der Waals surface area contributed by atoms with Gasteiger partial charge in [-0.05, 0) is 53.7 Å². The first-order valence-electron chi connectivity index (χ1n) is 8.39. The Bertz CT molecular complexity index is 789. The van der Waals surface area contributed by atoms with Gasteiger partial charge in [0.1, 0.15) is 5.58 Å². The van der Waals surface area contributed by atoms with E-state index in [2.05, 4.69) is 21.2 Å². The lowest BCUT2D eigenvalue weighted by Gasteiger charge is -2.32. The number of nitrogens with one attached hydrogen (secondary N) is 1. The van der Waals surface area contributed by atoms with Crippen molar-refractivity contribution < 1.29 is 14.0 Å². The van der Waals surface area contributed by atoms with Crippen molar-refractivity contribution in [2.45, 2.75) is 31.7 Å². The Hall–Kier alpha value is -1.82. The van der Waals surface area contributed by atoms with E-state index in [1.807, 2.05) is 23.1 Å². The summed E-state index contributed by atoms with van der Waals surface area (Å²) in [6, 6.07) is 7.58. The van der Waals surface area contributed by atoms with Crippen molar-refractivity contribution in [3.63, 3.8) is 0 Å². The molecule has 0 bridgehead atoms. The van der Waals surface area contributed by atoms with Gasteiger partial charge in [-0.1, -0.05) is 12.1 Å². The minimum absolute atomic E-state index is 0.0948. The van der Waals surface area contributed by atoms with Crippen LogP contribution in [0.4, 0.5) is 0 Å². The molecule has 2 amide bonds. The molecule has 2 aromatic rings. The van der Waals surface area contributed by atoms with E-state index >= 15 is 0 Å². The van der Waals surface area contributed by atoms with Gasteiger partial charge in [0.25, 0.3) is 5.91 Å². The van der Waals surface area contributed by atoms with E-state index in [1.54, 1.807) is 6.07 Å². The lowest BCUT2D eigenvalue weighted by Crippen LogP contribution is -2.46. The fourth-order valence-electron chi connectivity index (χ4n) is 3.23. The summed E-state index contributed by atoms with van der Waals surface area (Å²) in [7, 11) is 0. The largest absolute Gasteiger partial charge is 0.450 e. The number of carbonyl (C=O) groups excluding carboxylic acids is 2. The topological polar surface area (TPSA) is 62.6 Å². The van der Waals surface area contributed by atoms with Gasteiger partial charge in [-0.3, -0.25) is 9.59 Å². The molecule has 6 heteroatoms. The lowest BCUT2D eigenvalue weighted by molar-refractivity contribution is -0.133. The number of rotatable bonds is 3. The number of hydrogen-bond acceptors (Lipinski definition) is 3. The molecule has 4 rings (SSSR count). The molecule has 1 saturated carbocycles. The molecule has 2 aliphatic rings. The molecule has 0 unspecified atom stereocenters. The van der Waals surface area contributed by atoms with Gasteiger partial charge in [0.15, 0.2) is 5.76 Å². The van der Waals surface area contributed by atoms with E-state index in [4.69, 9.17) is 4.42 Å². The highest BCUT2D eigenvalue weighted by molar-refractivity contribution is 9.10. The van der Waals surface area contributed by atoms with Gasteiger partial charge in [-0.2, -0.15) is 0 Å². The standard InChI is InChI=1S/C18H19BrN2O3/c19-14-3-1-2-12-10-15(24-16(12)14)17(22)20-13-6-8-21(9-7-13)18(23)11-4-5-11/h1-3,10-11,13H,4-9H2,(H,20,22). The Morgan fingerprint density at radius 1 is 1.17 bits per heavy atom. The number of fused-ring (bicyclic) bond motifs is 1. The van der Waals surface area contributed by atoms with Crippen molar-refractivity contribution in [3.05, 3.63) is 34.5 Å². The highest BCUT2D eigenvalue weighted by atomic mass is 79.9. The van der Waals surface area contributed by atoms with Gasteiger partial charge in [-0.15, -0.1) is 0 Å². The predicted octanol–water partition coefficient (Wildman–Crippen LogP) is 3.33. The number of amides is 2. The Morgan fingerprint density at radius 2 is 1.92 bits per heavy atom. The zero-order valence-corrected chi connectivity index (χ0v) is 14.8. The fourth-order valence-corrected chi connectivity index (χ4v) is 3.69. The molecule has 1 saturated heterocycles. The third-order valence-electron chi connectivity index (χ3n) is 4.79. The second-order valence-corrected chi connectivity index (χ2v) is 7.47. The summed E-state index contributed by atoms with van der Waals surface area (Å²) in [6.07, 6.45) is 3.68. The Labute approximate surface area is 148 Å². The maximum Gasteiger partial charge on any atom is 0.287 e. The minimum Gasteiger partial charge on any atom is -0.450 e. The molecule has 126 valence electrons. The maximum absolute atomic E-state index is 12.4. The van der Waals surface area contributed by atoms with Crippen LogP contribution in [0, 0.1) is 5.92 Å². The average molecular weight is 391 g/mol. The Balaban J connectivity index is 1.37. The number of carbonyl (C=O) groups is 2. The van der Waals surface area contributed by atoms with Gasteiger partial charge in [0.2, 0.25) is 5.91 Å². The molecule has 0 spiro atoms. The first-order chi connectivity index (χ1) is 11.6. The monoisotopic (exact) mass is 390 g/mol. The fraction of sp³-hybridized carbons (Fsp3) is 0.444. The van der Waals surface area contributed by atoms with Crippen LogP contribution in [0.2, 0.25) is 0 Å². The third-order valence-corrected chi connectivity index (χ3v) is 5.41. The Morgan fingerprint density at radius 3 is 2.58 bits per heavy atom.